The molecule has 1 N–H and O–H groups in total. The molecule has 4 aromatic rings. The van der Waals surface area contributed by atoms with Crippen molar-refractivity contribution >= 4 is 22.4 Å². The maximum Gasteiger partial charge on any atom is 0.257 e. The molecule has 4 rings (SSSR count). The monoisotopic (exact) mass is 366 g/mol. The van der Waals surface area contributed by atoms with Gasteiger partial charge in [0.15, 0.2) is 5.01 Å². The molecule has 0 bridgehead atoms. The molecular formula is C17H11FN6OS. The molecule has 128 valence electrons. The summed E-state index contributed by atoms with van der Waals surface area (Å²) >= 11 is 1.18. The fraction of sp³-hybridized carbons (Fsp3) is 0. The van der Waals surface area contributed by atoms with E-state index in [0.29, 0.717) is 21.4 Å². The number of para-hydroxylation sites is 1. The number of nitrogens with one attached hydrogen (secondary N) is 1. The Balaban J connectivity index is 1.50. The number of hydrogen-bond donors (Lipinski definition) is 1. The van der Waals surface area contributed by atoms with Crippen LogP contribution in [0.4, 0.5) is 9.52 Å². The van der Waals surface area contributed by atoms with Crippen molar-refractivity contribution in [2.24, 2.45) is 0 Å². The summed E-state index contributed by atoms with van der Waals surface area (Å²) in [6.45, 7) is 0. The zero-order valence-corrected chi connectivity index (χ0v) is 14.0. The highest BCUT2D eigenvalue weighted by atomic mass is 32.1. The van der Waals surface area contributed by atoms with Gasteiger partial charge in [-0.15, -0.1) is 15.3 Å². The Labute approximate surface area is 151 Å². The standard InChI is InChI=1S/C17H11FN6OS/c18-12-8-6-11(7-9-12)15(25)20-17-22-21-16(26-17)14-10-19-24(23-14)13-4-2-1-3-5-13/h1-10H,(H,20,22,25). The van der Waals surface area contributed by atoms with Crippen LogP contribution < -0.4 is 5.32 Å². The minimum Gasteiger partial charge on any atom is -0.296 e. The van der Waals surface area contributed by atoms with Crippen LogP contribution in [0.3, 0.4) is 0 Å². The number of rotatable bonds is 4. The van der Waals surface area contributed by atoms with Gasteiger partial charge in [-0.1, -0.05) is 29.5 Å². The van der Waals surface area contributed by atoms with Crippen LogP contribution in [0, 0.1) is 5.82 Å². The van der Waals surface area contributed by atoms with Gasteiger partial charge in [0, 0.05) is 5.56 Å². The summed E-state index contributed by atoms with van der Waals surface area (Å²) in [5, 5.41) is 20.0. The molecule has 2 heterocycles. The molecule has 0 unspecified atom stereocenters. The Morgan fingerprint density at radius 1 is 1.04 bits per heavy atom. The molecule has 0 saturated heterocycles. The molecule has 1 amide bonds. The van der Waals surface area contributed by atoms with Gasteiger partial charge in [-0.05, 0) is 36.4 Å². The van der Waals surface area contributed by atoms with Gasteiger partial charge in [-0.3, -0.25) is 10.1 Å². The number of halogens is 1. The summed E-state index contributed by atoms with van der Waals surface area (Å²) in [6.07, 6.45) is 1.58. The molecule has 0 spiro atoms. The van der Waals surface area contributed by atoms with Crippen molar-refractivity contribution in [2.45, 2.75) is 0 Å². The fourth-order valence-corrected chi connectivity index (χ4v) is 2.88. The van der Waals surface area contributed by atoms with Gasteiger partial charge < -0.3 is 0 Å². The van der Waals surface area contributed by atoms with Crippen molar-refractivity contribution in [2.75, 3.05) is 5.32 Å². The van der Waals surface area contributed by atoms with E-state index in [0.717, 1.165) is 5.69 Å². The van der Waals surface area contributed by atoms with Crippen molar-refractivity contribution < 1.29 is 9.18 Å². The van der Waals surface area contributed by atoms with E-state index in [9.17, 15) is 9.18 Å². The molecule has 0 atom stereocenters. The summed E-state index contributed by atoms with van der Waals surface area (Å²) in [5.74, 6) is -0.790. The molecule has 0 aliphatic carbocycles. The van der Waals surface area contributed by atoms with Gasteiger partial charge in [-0.2, -0.15) is 9.90 Å². The van der Waals surface area contributed by atoms with Crippen molar-refractivity contribution in [1.29, 1.82) is 0 Å². The highest BCUT2D eigenvalue weighted by Gasteiger charge is 2.14. The van der Waals surface area contributed by atoms with Crippen molar-refractivity contribution in [3.8, 4) is 16.4 Å². The normalized spacial score (nSPS) is 10.7. The van der Waals surface area contributed by atoms with E-state index in [-0.39, 0.29) is 5.91 Å². The van der Waals surface area contributed by atoms with Crippen LogP contribution >= 0.6 is 11.3 Å². The van der Waals surface area contributed by atoms with E-state index in [4.69, 9.17) is 0 Å². The summed E-state index contributed by atoms with van der Waals surface area (Å²) in [5.41, 5.74) is 1.71. The molecule has 0 saturated carbocycles. The zero-order chi connectivity index (χ0) is 17.9. The molecule has 0 fully saturated rings. The average Bonchev–Trinajstić information content (AvgIpc) is 3.32. The van der Waals surface area contributed by atoms with E-state index in [1.54, 1.807) is 6.20 Å². The Morgan fingerprint density at radius 3 is 2.58 bits per heavy atom. The second-order valence-electron chi connectivity index (χ2n) is 5.23. The lowest BCUT2D eigenvalue weighted by Crippen LogP contribution is -2.11. The van der Waals surface area contributed by atoms with Crippen LogP contribution in [-0.4, -0.2) is 31.1 Å². The highest BCUT2D eigenvalue weighted by molar-refractivity contribution is 7.18. The summed E-state index contributed by atoms with van der Waals surface area (Å²) in [6, 6.07) is 14.7. The quantitative estimate of drug-likeness (QED) is 0.600. The van der Waals surface area contributed by atoms with Gasteiger partial charge >= 0.3 is 0 Å². The maximum absolute atomic E-state index is 12.9. The number of hydrogen-bond acceptors (Lipinski definition) is 6. The number of carbonyl (C=O) groups excluding carboxylic acids is 1. The smallest absolute Gasteiger partial charge is 0.257 e. The number of carbonyl (C=O) groups is 1. The minimum absolute atomic E-state index is 0.323. The lowest BCUT2D eigenvalue weighted by atomic mass is 10.2. The molecule has 7 nitrogen and oxygen atoms in total. The first-order chi connectivity index (χ1) is 12.7. The summed E-state index contributed by atoms with van der Waals surface area (Å²) < 4.78 is 12.9. The largest absolute Gasteiger partial charge is 0.296 e. The summed E-state index contributed by atoms with van der Waals surface area (Å²) in [7, 11) is 0. The van der Waals surface area contributed by atoms with Gasteiger partial charge in [0.2, 0.25) is 5.13 Å². The van der Waals surface area contributed by atoms with Crippen molar-refractivity contribution in [3.63, 3.8) is 0 Å². The SMILES string of the molecule is O=C(Nc1nnc(-c2cnn(-c3ccccc3)n2)s1)c1ccc(F)cc1. The third-order valence-electron chi connectivity index (χ3n) is 3.45. The third kappa shape index (κ3) is 3.33. The second kappa shape index (κ2) is 6.81. The van der Waals surface area contributed by atoms with E-state index in [1.807, 2.05) is 30.3 Å². The lowest BCUT2D eigenvalue weighted by molar-refractivity contribution is 0.102. The third-order valence-corrected chi connectivity index (χ3v) is 4.31. The fourth-order valence-electron chi connectivity index (χ4n) is 2.19. The van der Waals surface area contributed by atoms with E-state index in [2.05, 4.69) is 25.7 Å². The first kappa shape index (κ1) is 16.0. The first-order valence-corrected chi connectivity index (χ1v) is 8.39. The molecule has 0 aliphatic rings. The Morgan fingerprint density at radius 2 is 1.81 bits per heavy atom. The topological polar surface area (TPSA) is 85.6 Å². The van der Waals surface area contributed by atoms with Gasteiger partial charge in [0.05, 0.1) is 11.9 Å². The molecule has 0 radical (unpaired) electrons. The molecule has 9 heteroatoms. The van der Waals surface area contributed by atoms with Crippen molar-refractivity contribution in [1.82, 2.24) is 25.2 Å². The Bertz CT molecular complexity index is 1040. The predicted octanol–water partition coefficient (Wildman–Crippen LogP) is 3.18. The number of benzene rings is 2. The van der Waals surface area contributed by atoms with Gasteiger partial charge in [0.1, 0.15) is 11.5 Å². The first-order valence-electron chi connectivity index (χ1n) is 7.57. The number of anilines is 1. The Hall–Kier alpha value is -3.46. The number of amides is 1. The van der Waals surface area contributed by atoms with Crippen LogP contribution in [0.2, 0.25) is 0 Å². The van der Waals surface area contributed by atoms with E-state index in [1.165, 1.54) is 40.4 Å². The maximum atomic E-state index is 12.9. The summed E-state index contributed by atoms with van der Waals surface area (Å²) in [4.78, 5) is 13.6. The minimum atomic E-state index is -0.402. The molecule has 2 aromatic carbocycles. The second-order valence-corrected chi connectivity index (χ2v) is 6.21. The van der Waals surface area contributed by atoms with Crippen LogP contribution in [0.5, 0.6) is 0 Å². The van der Waals surface area contributed by atoms with Crippen molar-refractivity contribution in [3.05, 3.63) is 72.2 Å². The lowest BCUT2D eigenvalue weighted by Gasteiger charge is -2.00. The average molecular weight is 366 g/mol. The van der Waals surface area contributed by atoms with Crippen LogP contribution in [0.1, 0.15) is 10.4 Å². The van der Waals surface area contributed by atoms with Gasteiger partial charge in [-0.25, -0.2) is 4.39 Å². The number of nitrogens with zero attached hydrogens (tertiary/aromatic N) is 5. The molecule has 0 aliphatic heterocycles. The van der Waals surface area contributed by atoms with Gasteiger partial charge in [0.25, 0.3) is 5.91 Å². The Kier molecular flexibility index (Phi) is 4.20. The van der Waals surface area contributed by atoms with E-state index < -0.39 is 5.82 Å². The molecular weight excluding hydrogens is 355 g/mol. The molecule has 2 aromatic heterocycles. The van der Waals surface area contributed by atoms with Crippen LogP contribution in [-0.2, 0) is 0 Å². The number of aromatic nitrogens is 5. The molecule has 26 heavy (non-hydrogen) atoms. The van der Waals surface area contributed by atoms with E-state index >= 15 is 0 Å². The van der Waals surface area contributed by atoms with Crippen LogP contribution in [0.15, 0.2) is 60.8 Å². The highest BCUT2D eigenvalue weighted by Crippen LogP contribution is 2.25. The zero-order valence-electron chi connectivity index (χ0n) is 13.2. The van der Waals surface area contributed by atoms with Crippen LogP contribution in [0.25, 0.3) is 16.4 Å². The predicted molar refractivity (Wildman–Crippen MR) is 94.6 cm³/mol.